The van der Waals surface area contributed by atoms with Crippen molar-refractivity contribution in [2.24, 2.45) is 0 Å². The average Bonchev–Trinajstić information content (AvgIpc) is 2.01. The van der Waals surface area contributed by atoms with Crippen LogP contribution < -0.4 is 10.6 Å². The van der Waals surface area contributed by atoms with Crippen LogP contribution in [0.3, 0.4) is 0 Å². The Bertz CT molecular complexity index is 310. The van der Waals surface area contributed by atoms with Crippen LogP contribution in [0.1, 0.15) is 20.8 Å². The van der Waals surface area contributed by atoms with Crippen molar-refractivity contribution < 1.29 is 0 Å². The predicted molar refractivity (Wildman–Crippen MR) is 61.8 cm³/mol. The maximum atomic E-state index is 6.05. The number of anilines is 2. The van der Waals surface area contributed by atoms with Gasteiger partial charge in [0.25, 0.3) is 0 Å². The van der Waals surface area contributed by atoms with Gasteiger partial charge in [-0.3, -0.25) is 4.98 Å². The lowest BCUT2D eigenvalue weighted by molar-refractivity contribution is 0.539. The zero-order chi connectivity index (χ0) is 10.9. The molecule has 0 amide bonds. The molecule has 0 unspecified atom stereocenters. The van der Waals surface area contributed by atoms with Gasteiger partial charge in [-0.15, -0.1) is 0 Å². The number of nitrogens with two attached hydrogens (primary N) is 1. The molecule has 0 bridgehead atoms. The first-order valence-corrected chi connectivity index (χ1v) is 4.84. The van der Waals surface area contributed by atoms with Crippen molar-refractivity contribution in [2.45, 2.75) is 26.3 Å². The second-order valence-electron chi connectivity index (χ2n) is 4.29. The van der Waals surface area contributed by atoms with E-state index in [-0.39, 0.29) is 5.54 Å². The van der Waals surface area contributed by atoms with Gasteiger partial charge in [0.05, 0.1) is 22.6 Å². The largest absolute Gasteiger partial charge is 0.396 e. The molecule has 0 saturated heterocycles. The van der Waals surface area contributed by atoms with E-state index in [0.717, 1.165) is 5.69 Å². The summed E-state index contributed by atoms with van der Waals surface area (Å²) < 4.78 is 0. The topological polar surface area (TPSA) is 42.1 Å². The van der Waals surface area contributed by atoms with Crippen molar-refractivity contribution in [1.82, 2.24) is 4.98 Å². The van der Waals surface area contributed by atoms with Crippen LogP contribution in [0.5, 0.6) is 0 Å². The molecule has 14 heavy (non-hydrogen) atoms. The fraction of sp³-hybridized carbons (Fsp3) is 0.500. The molecule has 0 spiro atoms. The molecule has 0 aliphatic heterocycles. The molecule has 1 aromatic rings. The molecule has 0 fully saturated rings. The first kappa shape index (κ1) is 11.1. The molecule has 1 heterocycles. The summed E-state index contributed by atoms with van der Waals surface area (Å²) in [7, 11) is 1.97. The molecule has 78 valence electrons. The number of pyridine rings is 1. The van der Waals surface area contributed by atoms with Crippen LogP contribution in [0, 0.1) is 0 Å². The number of rotatable bonds is 1. The minimum atomic E-state index is -0.0148. The molecular weight excluding hydrogens is 198 g/mol. The molecule has 1 aromatic heterocycles. The van der Waals surface area contributed by atoms with Gasteiger partial charge in [0, 0.05) is 18.8 Å². The van der Waals surface area contributed by atoms with E-state index in [1.54, 1.807) is 12.4 Å². The molecule has 0 atom stereocenters. The van der Waals surface area contributed by atoms with E-state index in [9.17, 15) is 0 Å². The Morgan fingerprint density at radius 2 is 1.93 bits per heavy atom. The molecule has 4 heteroatoms. The summed E-state index contributed by atoms with van der Waals surface area (Å²) in [6, 6.07) is 0. The summed E-state index contributed by atoms with van der Waals surface area (Å²) in [4.78, 5) is 5.97. The predicted octanol–water partition coefficient (Wildman–Crippen LogP) is 2.55. The smallest absolute Gasteiger partial charge is 0.0844 e. The number of hydrogen-bond acceptors (Lipinski definition) is 3. The Labute approximate surface area is 89.9 Å². The van der Waals surface area contributed by atoms with Crippen molar-refractivity contribution >= 4 is 23.0 Å². The molecular formula is C10H16ClN3. The van der Waals surface area contributed by atoms with E-state index in [2.05, 4.69) is 25.8 Å². The third-order valence-electron chi connectivity index (χ3n) is 2.24. The van der Waals surface area contributed by atoms with Crippen LogP contribution in [0.15, 0.2) is 12.4 Å². The van der Waals surface area contributed by atoms with Crippen LogP contribution in [0.25, 0.3) is 0 Å². The molecule has 1 rings (SSSR count). The lowest BCUT2D eigenvalue weighted by Gasteiger charge is -2.35. The number of aromatic nitrogens is 1. The zero-order valence-electron chi connectivity index (χ0n) is 9.00. The fourth-order valence-corrected chi connectivity index (χ4v) is 1.42. The van der Waals surface area contributed by atoms with E-state index >= 15 is 0 Å². The van der Waals surface area contributed by atoms with Crippen molar-refractivity contribution in [1.29, 1.82) is 0 Å². The van der Waals surface area contributed by atoms with E-state index in [1.165, 1.54) is 0 Å². The molecule has 3 nitrogen and oxygen atoms in total. The molecule has 0 aliphatic rings. The highest BCUT2D eigenvalue weighted by atomic mass is 35.5. The first-order valence-electron chi connectivity index (χ1n) is 4.47. The summed E-state index contributed by atoms with van der Waals surface area (Å²) in [5, 5.41) is 0.586. The van der Waals surface area contributed by atoms with E-state index in [1.807, 2.05) is 11.9 Å². The minimum Gasteiger partial charge on any atom is -0.396 e. The third kappa shape index (κ3) is 2.10. The van der Waals surface area contributed by atoms with E-state index in [4.69, 9.17) is 17.3 Å². The van der Waals surface area contributed by atoms with Crippen LogP contribution in [-0.2, 0) is 0 Å². The van der Waals surface area contributed by atoms with Crippen molar-refractivity contribution in [3.05, 3.63) is 17.4 Å². The summed E-state index contributed by atoms with van der Waals surface area (Å²) in [6.07, 6.45) is 3.22. The number of nitrogens with zero attached hydrogens (tertiary/aromatic N) is 2. The lowest BCUT2D eigenvalue weighted by atomic mass is 10.1. The molecule has 0 saturated carbocycles. The Kier molecular flexibility index (Phi) is 2.90. The second-order valence-corrected chi connectivity index (χ2v) is 4.70. The highest BCUT2D eigenvalue weighted by Gasteiger charge is 2.21. The summed E-state index contributed by atoms with van der Waals surface area (Å²) in [6.45, 7) is 6.30. The monoisotopic (exact) mass is 213 g/mol. The summed E-state index contributed by atoms with van der Waals surface area (Å²) in [5.74, 6) is 0. The number of hydrogen-bond donors (Lipinski definition) is 1. The van der Waals surface area contributed by atoms with Gasteiger partial charge >= 0.3 is 0 Å². The normalized spacial score (nSPS) is 11.5. The maximum Gasteiger partial charge on any atom is 0.0844 e. The van der Waals surface area contributed by atoms with Crippen molar-refractivity contribution in [3.63, 3.8) is 0 Å². The van der Waals surface area contributed by atoms with Crippen LogP contribution in [0.4, 0.5) is 11.4 Å². The van der Waals surface area contributed by atoms with Gasteiger partial charge in [0.15, 0.2) is 0 Å². The van der Waals surface area contributed by atoms with Crippen molar-refractivity contribution in [3.8, 4) is 0 Å². The Morgan fingerprint density at radius 3 is 2.36 bits per heavy atom. The second kappa shape index (κ2) is 3.65. The lowest BCUT2D eigenvalue weighted by Crippen LogP contribution is -2.38. The number of halogens is 1. The van der Waals surface area contributed by atoms with E-state index in [0.29, 0.717) is 10.7 Å². The maximum absolute atomic E-state index is 6.05. The molecule has 0 aliphatic carbocycles. The van der Waals surface area contributed by atoms with Crippen LogP contribution in [0.2, 0.25) is 5.02 Å². The van der Waals surface area contributed by atoms with Crippen molar-refractivity contribution in [2.75, 3.05) is 17.7 Å². The Balaban J connectivity index is 3.19. The van der Waals surface area contributed by atoms with Gasteiger partial charge in [0.2, 0.25) is 0 Å². The van der Waals surface area contributed by atoms with Gasteiger partial charge < -0.3 is 10.6 Å². The summed E-state index contributed by atoms with van der Waals surface area (Å²) >= 11 is 6.05. The van der Waals surface area contributed by atoms with Gasteiger partial charge in [-0.05, 0) is 20.8 Å². The molecule has 0 aromatic carbocycles. The SMILES string of the molecule is CN(c1c(N)cncc1Cl)C(C)(C)C. The van der Waals surface area contributed by atoms with Gasteiger partial charge in [-0.25, -0.2) is 0 Å². The standard InChI is InChI=1S/C10H16ClN3/c1-10(2,3)14(4)9-7(11)5-13-6-8(9)12/h5-6H,12H2,1-4H3. The number of nitrogen functional groups attached to an aromatic ring is 1. The van der Waals surface area contributed by atoms with Gasteiger partial charge in [-0.1, -0.05) is 11.6 Å². The first-order chi connectivity index (χ1) is 6.34. The summed E-state index contributed by atoms with van der Waals surface area (Å²) in [5.41, 5.74) is 7.26. The zero-order valence-corrected chi connectivity index (χ0v) is 9.76. The third-order valence-corrected chi connectivity index (χ3v) is 2.52. The van der Waals surface area contributed by atoms with Gasteiger partial charge in [-0.2, -0.15) is 0 Å². The minimum absolute atomic E-state index is 0.0148. The van der Waals surface area contributed by atoms with Crippen LogP contribution in [-0.4, -0.2) is 17.6 Å². The van der Waals surface area contributed by atoms with E-state index < -0.39 is 0 Å². The highest BCUT2D eigenvalue weighted by Crippen LogP contribution is 2.33. The Hall–Kier alpha value is -0.960. The quantitative estimate of drug-likeness (QED) is 0.780. The molecule has 0 radical (unpaired) electrons. The average molecular weight is 214 g/mol. The Morgan fingerprint density at radius 1 is 1.36 bits per heavy atom. The fourth-order valence-electron chi connectivity index (χ4n) is 1.13. The molecule has 2 N–H and O–H groups in total. The highest BCUT2D eigenvalue weighted by molar-refractivity contribution is 6.33. The van der Waals surface area contributed by atoms with Gasteiger partial charge in [0.1, 0.15) is 0 Å². The van der Waals surface area contributed by atoms with Crippen LogP contribution >= 0.6 is 11.6 Å².